The van der Waals surface area contributed by atoms with Crippen LogP contribution in [0.3, 0.4) is 0 Å². The van der Waals surface area contributed by atoms with Crippen LogP contribution in [0.1, 0.15) is 6.92 Å². The Morgan fingerprint density at radius 3 is 2.53 bits per heavy atom. The molecule has 0 bridgehead atoms. The van der Waals surface area contributed by atoms with Gasteiger partial charge >= 0.3 is 0 Å². The second-order valence-corrected chi connectivity index (χ2v) is 6.83. The molecule has 0 aliphatic heterocycles. The molecular formula is C23H24FN3O5. The normalized spacial score (nSPS) is 11.5. The van der Waals surface area contributed by atoms with Gasteiger partial charge in [-0.1, -0.05) is 12.1 Å². The van der Waals surface area contributed by atoms with Gasteiger partial charge < -0.3 is 19.5 Å². The number of para-hydroxylation sites is 1. The molecule has 1 N–H and O–H groups in total. The standard InChI is InChI=1S/C23H24FN3O5/c1-15(32-19-7-5-4-6-17(19)24)23(29)25-12-13-27-22(28)11-9-18(26-27)16-8-10-20(30-2)21(14-16)31-3/h4-11,14-15H,12-13H2,1-3H3,(H,25,29)/t15-/m1/s1. The minimum Gasteiger partial charge on any atom is -0.493 e. The molecule has 0 spiro atoms. The SMILES string of the molecule is COc1ccc(-c2ccc(=O)n(CCNC(=O)[C@@H](C)Oc3ccccc3F)n2)cc1OC. The quantitative estimate of drug-likeness (QED) is 0.549. The van der Waals surface area contributed by atoms with Crippen LogP contribution in [0.2, 0.25) is 0 Å². The Kier molecular flexibility index (Phi) is 7.43. The minimum atomic E-state index is -0.908. The van der Waals surface area contributed by atoms with Crippen molar-refractivity contribution < 1.29 is 23.4 Å². The molecule has 0 saturated carbocycles. The van der Waals surface area contributed by atoms with Crippen molar-refractivity contribution >= 4 is 5.91 Å². The fraction of sp³-hybridized carbons (Fsp3) is 0.261. The zero-order valence-corrected chi connectivity index (χ0v) is 18.0. The van der Waals surface area contributed by atoms with E-state index in [4.69, 9.17) is 14.2 Å². The van der Waals surface area contributed by atoms with E-state index >= 15 is 0 Å². The molecule has 1 aromatic heterocycles. The van der Waals surface area contributed by atoms with Gasteiger partial charge in [0, 0.05) is 18.2 Å². The number of carbonyl (C=O) groups is 1. The highest BCUT2D eigenvalue weighted by Crippen LogP contribution is 2.31. The molecule has 0 unspecified atom stereocenters. The van der Waals surface area contributed by atoms with Crippen LogP contribution in [0.4, 0.5) is 4.39 Å². The first-order valence-electron chi connectivity index (χ1n) is 9.92. The summed E-state index contributed by atoms with van der Waals surface area (Å²) in [5, 5.41) is 7.04. The van der Waals surface area contributed by atoms with Crippen LogP contribution in [-0.2, 0) is 11.3 Å². The van der Waals surface area contributed by atoms with Crippen LogP contribution in [0.5, 0.6) is 17.2 Å². The van der Waals surface area contributed by atoms with Crippen molar-refractivity contribution in [2.45, 2.75) is 19.6 Å². The van der Waals surface area contributed by atoms with Gasteiger partial charge in [-0.15, -0.1) is 0 Å². The number of benzene rings is 2. The molecule has 168 valence electrons. The molecular weight excluding hydrogens is 417 g/mol. The van der Waals surface area contributed by atoms with Gasteiger partial charge in [-0.2, -0.15) is 5.10 Å². The van der Waals surface area contributed by atoms with Crippen LogP contribution in [0.25, 0.3) is 11.3 Å². The van der Waals surface area contributed by atoms with Gasteiger partial charge in [0.1, 0.15) is 0 Å². The Morgan fingerprint density at radius 2 is 1.81 bits per heavy atom. The van der Waals surface area contributed by atoms with E-state index in [1.165, 1.54) is 43.0 Å². The van der Waals surface area contributed by atoms with E-state index in [9.17, 15) is 14.0 Å². The number of amides is 1. The summed E-state index contributed by atoms with van der Waals surface area (Å²) in [6.07, 6.45) is -0.908. The molecule has 0 fully saturated rings. The van der Waals surface area contributed by atoms with Gasteiger partial charge in [-0.3, -0.25) is 9.59 Å². The number of rotatable bonds is 9. The van der Waals surface area contributed by atoms with E-state index in [2.05, 4.69) is 10.4 Å². The number of ether oxygens (including phenoxy) is 3. The summed E-state index contributed by atoms with van der Waals surface area (Å²) in [4.78, 5) is 24.5. The van der Waals surface area contributed by atoms with E-state index < -0.39 is 17.8 Å². The predicted molar refractivity (Wildman–Crippen MR) is 117 cm³/mol. The van der Waals surface area contributed by atoms with Gasteiger partial charge in [0.2, 0.25) is 0 Å². The molecule has 1 atom stereocenters. The van der Waals surface area contributed by atoms with Gasteiger partial charge in [0.05, 0.1) is 26.5 Å². The van der Waals surface area contributed by atoms with Crippen LogP contribution in [-0.4, -0.2) is 42.6 Å². The molecule has 1 amide bonds. The second-order valence-electron chi connectivity index (χ2n) is 6.83. The summed E-state index contributed by atoms with van der Waals surface area (Å²) in [5.74, 6) is 0.141. The highest BCUT2D eigenvalue weighted by atomic mass is 19.1. The van der Waals surface area contributed by atoms with Gasteiger partial charge in [-0.05, 0) is 43.3 Å². The molecule has 0 aliphatic rings. The van der Waals surface area contributed by atoms with Crippen LogP contribution in [0.15, 0.2) is 59.4 Å². The Morgan fingerprint density at radius 1 is 1.06 bits per heavy atom. The number of methoxy groups -OCH3 is 2. The van der Waals surface area contributed by atoms with Gasteiger partial charge in [-0.25, -0.2) is 9.07 Å². The van der Waals surface area contributed by atoms with Crippen molar-refractivity contribution in [3.8, 4) is 28.5 Å². The number of carbonyl (C=O) groups excluding carboxylic acids is 1. The first-order chi connectivity index (χ1) is 15.4. The number of nitrogens with zero attached hydrogens (tertiary/aromatic N) is 2. The fourth-order valence-corrected chi connectivity index (χ4v) is 2.97. The molecule has 3 aromatic rings. The maximum Gasteiger partial charge on any atom is 0.266 e. The topological polar surface area (TPSA) is 91.7 Å². The highest BCUT2D eigenvalue weighted by Gasteiger charge is 2.16. The first kappa shape index (κ1) is 22.8. The summed E-state index contributed by atoms with van der Waals surface area (Å²) in [5.41, 5.74) is 1.000. The second kappa shape index (κ2) is 10.4. The zero-order chi connectivity index (χ0) is 23.1. The maximum absolute atomic E-state index is 13.7. The molecule has 9 heteroatoms. The lowest BCUT2D eigenvalue weighted by molar-refractivity contribution is -0.127. The molecule has 8 nitrogen and oxygen atoms in total. The molecule has 32 heavy (non-hydrogen) atoms. The molecule has 1 heterocycles. The lowest BCUT2D eigenvalue weighted by atomic mass is 10.1. The van der Waals surface area contributed by atoms with Crippen molar-refractivity contribution in [2.75, 3.05) is 20.8 Å². The van der Waals surface area contributed by atoms with Crippen LogP contribution >= 0.6 is 0 Å². The minimum absolute atomic E-state index is 0.00402. The summed E-state index contributed by atoms with van der Waals surface area (Å²) >= 11 is 0. The molecule has 2 aromatic carbocycles. The smallest absolute Gasteiger partial charge is 0.266 e. The Balaban J connectivity index is 1.64. The van der Waals surface area contributed by atoms with Crippen LogP contribution < -0.4 is 25.1 Å². The van der Waals surface area contributed by atoms with Gasteiger partial charge in [0.15, 0.2) is 29.2 Å². The van der Waals surface area contributed by atoms with Crippen LogP contribution in [0, 0.1) is 5.82 Å². The largest absolute Gasteiger partial charge is 0.493 e. The van der Waals surface area contributed by atoms with Crippen molar-refractivity contribution in [3.05, 3.63) is 70.8 Å². The van der Waals surface area contributed by atoms with Crippen molar-refractivity contribution in [2.24, 2.45) is 0 Å². The predicted octanol–water partition coefficient (Wildman–Crippen LogP) is 2.65. The Labute approximate surface area is 184 Å². The van der Waals surface area contributed by atoms with E-state index in [0.717, 1.165) is 5.56 Å². The average Bonchev–Trinajstić information content (AvgIpc) is 2.81. The van der Waals surface area contributed by atoms with Crippen molar-refractivity contribution in [1.82, 2.24) is 15.1 Å². The van der Waals surface area contributed by atoms with Gasteiger partial charge in [0.25, 0.3) is 11.5 Å². The van der Waals surface area contributed by atoms with E-state index in [1.54, 1.807) is 31.4 Å². The van der Waals surface area contributed by atoms with E-state index in [1.807, 2.05) is 6.07 Å². The first-order valence-corrected chi connectivity index (χ1v) is 9.92. The summed E-state index contributed by atoms with van der Waals surface area (Å²) in [6.45, 7) is 1.81. The molecule has 0 aliphatic carbocycles. The summed E-state index contributed by atoms with van der Waals surface area (Å²) in [6, 6.07) is 14.2. The van der Waals surface area contributed by atoms with E-state index in [0.29, 0.717) is 17.2 Å². The maximum atomic E-state index is 13.7. The number of aromatic nitrogens is 2. The third-order valence-corrected chi connectivity index (χ3v) is 4.68. The Hall–Kier alpha value is -3.88. The average molecular weight is 441 g/mol. The summed E-state index contributed by atoms with van der Waals surface area (Å²) in [7, 11) is 3.09. The number of hydrogen-bond acceptors (Lipinski definition) is 6. The van der Waals surface area contributed by atoms with E-state index in [-0.39, 0.29) is 24.4 Å². The van der Waals surface area contributed by atoms with Crippen molar-refractivity contribution in [3.63, 3.8) is 0 Å². The molecule has 0 radical (unpaired) electrons. The lowest BCUT2D eigenvalue weighted by Gasteiger charge is -2.15. The lowest BCUT2D eigenvalue weighted by Crippen LogP contribution is -2.39. The zero-order valence-electron chi connectivity index (χ0n) is 18.0. The third kappa shape index (κ3) is 5.42. The molecule has 3 rings (SSSR count). The number of hydrogen-bond donors (Lipinski definition) is 1. The highest BCUT2D eigenvalue weighted by molar-refractivity contribution is 5.80. The number of nitrogens with one attached hydrogen (secondary N) is 1. The summed E-state index contributed by atoms with van der Waals surface area (Å²) < 4.78 is 30.8. The van der Waals surface area contributed by atoms with Crippen molar-refractivity contribution in [1.29, 1.82) is 0 Å². The fourth-order valence-electron chi connectivity index (χ4n) is 2.97. The molecule has 0 saturated heterocycles. The number of halogens is 1. The Bertz CT molecular complexity index is 1150. The monoisotopic (exact) mass is 441 g/mol. The third-order valence-electron chi connectivity index (χ3n) is 4.68.